The van der Waals surface area contributed by atoms with Crippen molar-refractivity contribution >= 4 is 47.1 Å². The molecule has 7 rings (SSSR count). The van der Waals surface area contributed by atoms with Crippen LogP contribution in [0, 0.1) is 16.7 Å². The van der Waals surface area contributed by atoms with Gasteiger partial charge in [0.25, 0.3) is 5.91 Å². The Labute approximate surface area is 518 Å². The largest absolute Gasteiger partial charge is 0.374 e. The Morgan fingerprint density at radius 1 is 0.500 bits per heavy atom. The lowest BCUT2D eigenvalue weighted by Crippen LogP contribution is -2.59. The molecule has 7 N–H and O–H groups in total. The average molecular weight is 1200 g/mol. The lowest BCUT2D eigenvalue weighted by molar-refractivity contribution is -0.144. The number of carbonyl (C=O) groups excluding carboxylic acids is 8. The van der Waals surface area contributed by atoms with Gasteiger partial charge >= 0.3 is 0 Å². The van der Waals surface area contributed by atoms with Gasteiger partial charge in [-0.1, -0.05) is 175 Å². The highest BCUT2D eigenvalue weighted by Crippen LogP contribution is 2.33. The first-order valence-electron chi connectivity index (χ1n) is 30.4. The Balaban J connectivity index is 1.08. The zero-order valence-corrected chi connectivity index (χ0v) is 52.5. The van der Waals surface area contributed by atoms with Crippen LogP contribution in [0.3, 0.4) is 0 Å². The number of ketones is 1. The maximum atomic E-state index is 14.9. The van der Waals surface area contributed by atoms with Gasteiger partial charge in [-0.25, -0.2) is 0 Å². The molecule has 19 nitrogen and oxygen atoms in total. The van der Waals surface area contributed by atoms with Crippen molar-refractivity contribution in [1.29, 1.82) is 0 Å². The fraction of sp³-hybridized carbons (Fsp3) is 0.449. The summed E-state index contributed by atoms with van der Waals surface area (Å²) in [6.07, 6.45) is 0.172. The van der Waals surface area contributed by atoms with Crippen molar-refractivity contribution < 1.29 is 47.8 Å². The predicted octanol–water partition coefficient (Wildman–Crippen LogP) is 6.60. The van der Waals surface area contributed by atoms with Crippen molar-refractivity contribution in [1.82, 2.24) is 47.0 Å². The normalized spacial score (nSPS) is 18.8. The van der Waals surface area contributed by atoms with Crippen molar-refractivity contribution in [2.45, 2.75) is 142 Å². The van der Waals surface area contributed by atoms with E-state index >= 15 is 0 Å². The number of benzene rings is 5. The van der Waals surface area contributed by atoms with Crippen molar-refractivity contribution in [2.24, 2.45) is 16.7 Å². The summed E-state index contributed by atoms with van der Waals surface area (Å²) in [5, 5.41) is 21.0. The van der Waals surface area contributed by atoms with Crippen molar-refractivity contribution in [3.8, 4) is 0 Å². The van der Waals surface area contributed by atoms with Crippen LogP contribution < -0.4 is 37.2 Å². The summed E-state index contributed by atoms with van der Waals surface area (Å²) in [5.74, 6) is -3.84. The van der Waals surface area contributed by atoms with E-state index in [4.69, 9.17) is 9.47 Å². The summed E-state index contributed by atoms with van der Waals surface area (Å²) in [6, 6.07) is 37.1. The first kappa shape index (κ1) is 67.4. The third-order valence-electron chi connectivity index (χ3n) is 16.4. The molecule has 0 aliphatic carbocycles. The van der Waals surface area contributed by atoms with Gasteiger partial charge < -0.3 is 56.5 Å². The molecule has 0 aromatic heterocycles. The number of likely N-dealkylation sites (N-methyl/N-ethyl adjacent to an activating group) is 2. The number of nitrogens with one attached hydrogen (secondary N) is 7. The smallest absolute Gasteiger partial charge is 0.251 e. The Morgan fingerprint density at radius 2 is 0.886 bits per heavy atom. The van der Waals surface area contributed by atoms with Gasteiger partial charge in [-0.05, 0) is 91.9 Å². The first-order chi connectivity index (χ1) is 41.9. The summed E-state index contributed by atoms with van der Waals surface area (Å²) < 4.78 is 12.3. The summed E-state index contributed by atoms with van der Waals surface area (Å²) >= 11 is 0. The van der Waals surface area contributed by atoms with Gasteiger partial charge in [-0.2, -0.15) is 0 Å². The number of Topliss-reactive ketones (excluding diaryl/α,β-unsaturated/α-hetero) is 1. The zero-order chi connectivity index (χ0) is 63.7. The quantitative estimate of drug-likeness (QED) is 0.0275. The molecule has 0 unspecified atom stereocenters. The standard InChI is InChI=1S/C69H89N9O10/c1-44(70-9)61(80)75-59(68(3,4)5)66(85)77-38-48(35-56(77)64(83)73-54(49-27-19-13-20-28-49)42-87-40-46-23-15-11-16-24-46)36-58(79)51-31-33-52(34-32-51)63(82)72-53-37-57(78(39-53)67(86)60(69(6,7)8)76-62(81)45(2)71-10)65(84)74-55(50-29-21-14-22-30-50)43-88-41-47-25-17-12-18-26-47/h11-34,44-45,48,53-57,59-60,70-71H,35-43H2,1-10H3,(H,72,82)(H,73,83)(H,74,84)(H,75,80)(H,76,81)/t44-,45-,48+,53-,54+,55+,56-,57-,59+,60+/m0/s1. The summed E-state index contributed by atoms with van der Waals surface area (Å²) in [4.78, 5) is 117. The van der Waals surface area contributed by atoms with Crippen LogP contribution in [0.25, 0.3) is 0 Å². The minimum Gasteiger partial charge on any atom is -0.374 e. The van der Waals surface area contributed by atoms with Gasteiger partial charge in [0.15, 0.2) is 5.78 Å². The minimum absolute atomic E-state index is 0.0334. The van der Waals surface area contributed by atoms with E-state index in [1.807, 2.05) is 163 Å². The summed E-state index contributed by atoms with van der Waals surface area (Å²) in [6.45, 7) is 15.3. The number of nitrogens with zero attached hydrogens (tertiary/aromatic N) is 2. The molecule has 19 heteroatoms. The average Bonchev–Trinajstić information content (AvgIpc) is 4.16. The Bertz CT molecular complexity index is 2930. The molecular formula is C69H89N9O10. The number of hydrogen-bond acceptors (Lipinski definition) is 12. The van der Waals surface area contributed by atoms with Crippen LogP contribution in [0.1, 0.15) is 130 Å². The van der Waals surface area contributed by atoms with E-state index in [1.165, 1.54) is 21.9 Å². The number of rotatable bonds is 27. The van der Waals surface area contributed by atoms with Crippen LogP contribution in [0.4, 0.5) is 0 Å². The molecule has 7 amide bonds. The Hall–Kier alpha value is -8.10. The van der Waals surface area contributed by atoms with Crippen LogP contribution in [-0.4, -0.2) is 140 Å². The second kappa shape index (κ2) is 31.2. The third kappa shape index (κ3) is 18.5. The molecule has 0 bridgehead atoms. The van der Waals surface area contributed by atoms with Gasteiger partial charge in [0.05, 0.1) is 50.6 Å². The van der Waals surface area contributed by atoms with Gasteiger partial charge in [0.1, 0.15) is 24.2 Å². The highest BCUT2D eigenvalue weighted by atomic mass is 16.5. The first-order valence-corrected chi connectivity index (χ1v) is 30.4. The van der Waals surface area contributed by atoms with E-state index in [1.54, 1.807) is 40.1 Å². The highest BCUT2D eigenvalue weighted by Gasteiger charge is 2.48. The maximum Gasteiger partial charge on any atom is 0.251 e. The van der Waals surface area contributed by atoms with Crippen LogP contribution >= 0.6 is 0 Å². The van der Waals surface area contributed by atoms with Gasteiger partial charge in [-0.3, -0.25) is 38.4 Å². The molecule has 5 aromatic rings. The Morgan fingerprint density at radius 3 is 1.30 bits per heavy atom. The third-order valence-corrected chi connectivity index (χ3v) is 16.4. The molecule has 10 atom stereocenters. The molecule has 2 fully saturated rings. The molecule has 0 radical (unpaired) electrons. The Kier molecular flexibility index (Phi) is 23.9. The fourth-order valence-electron chi connectivity index (χ4n) is 11.0. The number of ether oxygens (including phenoxy) is 2. The second-order valence-electron chi connectivity index (χ2n) is 25.3. The van der Waals surface area contributed by atoms with Crippen molar-refractivity contribution in [3.05, 3.63) is 179 Å². The SMILES string of the molecule is CN[C@@H](C)C(=O)N[C@H](C(=O)N1C[C@@H](CC(=O)c2ccc(C(=O)N[C@H]3C[C@@H](C(=O)N[C@H](COCc4ccccc4)c4ccccc4)N(C(=O)[C@@H](NC(=O)[C@H](C)NC)C(C)(C)C)C3)cc2)C[C@H]1C(=O)N[C@H](COCc1ccccc1)c1ccccc1)C(C)(C)C. The second-order valence-corrected chi connectivity index (χ2v) is 25.3. The molecule has 2 aliphatic rings. The van der Waals surface area contributed by atoms with E-state index in [0.29, 0.717) is 18.8 Å². The fourth-order valence-corrected chi connectivity index (χ4v) is 11.0. The molecular weight excluding hydrogens is 1110 g/mol. The van der Waals surface area contributed by atoms with Gasteiger partial charge in [0.2, 0.25) is 35.4 Å². The lowest BCUT2D eigenvalue weighted by atomic mass is 9.85. The molecule has 0 spiro atoms. The number of likely N-dealkylation sites (tertiary alicyclic amines) is 2. The minimum atomic E-state index is -1.06. The molecule has 2 heterocycles. The van der Waals surface area contributed by atoms with Crippen molar-refractivity contribution in [3.63, 3.8) is 0 Å². The number of carbonyl (C=O) groups is 8. The molecule has 2 saturated heterocycles. The molecule has 0 saturated carbocycles. The van der Waals surface area contributed by atoms with E-state index in [9.17, 15) is 38.4 Å². The van der Waals surface area contributed by atoms with E-state index in [2.05, 4.69) is 37.2 Å². The summed E-state index contributed by atoms with van der Waals surface area (Å²) in [5.41, 5.74) is 2.50. The molecule has 88 heavy (non-hydrogen) atoms. The van der Waals surface area contributed by atoms with Crippen LogP contribution in [0.15, 0.2) is 146 Å². The lowest BCUT2D eigenvalue weighted by Gasteiger charge is -2.36. The number of amides is 7. The molecule has 5 aromatic carbocycles. The van der Waals surface area contributed by atoms with Gasteiger partial charge in [-0.15, -0.1) is 0 Å². The topological polar surface area (TPSA) is 246 Å². The van der Waals surface area contributed by atoms with Crippen molar-refractivity contribution in [2.75, 3.05) is 40.4 Å². The molecule has 470 valence electrons. The number of hydrogen-bond donors (Lipinski definition) is 7. The van der Waals surface area contributed by atoms with Crippen LogP contribution in [-0.2, 0) is 51.5 Å². The van der Waals surface area contributed by atoms with E-state index in [0.717, 1.165) is 22.3 Å². The highest BCUT2D eigenvalue weighted by molar-refractivity contribution is 6.00. The monoisotopic (exact) mass is 1200 g/mol. The van der Waals surface area contributed by atoms with Gasteiger partial charge in [0, 0.05) is 36.7 Å². The maximum absolute atomic E-state index is 14.9. The van der Waals surface area contributed by atoms with Crippen LogP contribution in [0.2, 0.25) is 0 Å². The van der Waals surface area contributed by atoms with E-state index < -0.39 is 107 Å². The molecule has 2 aliphatic heterocycles. The van der Waals surface area contributed by atoms with Crippen LogP contribution in [0.5, 0.6) is 0 Å². The summed E-state index contributed by atoms with van der Waals surface area (Å²) in [7, 11) is 3.29. The zero-order valence-electron chi connectivity index (χ0n) is 52.5. The predicted molar refractivity (Wildman–Crippen MR) is 337 cm³/mol. The van der Waals surface area contributed by atoms with E-state index in [-0.39, 0.29) is 62.8 Å².